The summed E-state index contributed by atoms with van der Waals surface area (Å²) in [4.78, 5) is 1.21. The highest BCUT2D eigenvalue weighted by molar-refractivity contribution is 7.99. The van der Waals surface area contributed by atoms with Gasteiger partial charge in [0.05, 0.1) is 5.02 Å². The van der Waals surface area contributed by atoms with E-state index in [1.165, 1.54) is 24.2 Å². The van der Waals surface area contributed by atoms with Crippen molar-refractivity contribution < 1.29 is 0 Å². The van der Waals surface area contributed by atoms with Gasteiger partial charge in [-0.3, -0.25) is 0 Å². The lowest BCUT2D eigenvalue weighted by atomic mass is 9.73. The molecule has 1 N–H and O–H groups in total. The molecule has 0 aliphatic heterocycles. The number of rotatable bonds is 6. The molecule has 0 aromatic heterocycles. The molecule has 0 bridgehead atoms. The molecule has 0 amide bonds. The summed E-state index contributed by atoms with van der Waals surface area (Å²) in [5.41, 5.74) is 0. The van der Waals surface area contributed by atoms with Crippen LogP contribution in [0, 0.1) is 17.8 Å². The standard InChI is InChI=1S/C18H28ClNS/c1-4-20-17(15-10-9-13(2)14(3)11-15)12-21-18-8-6-5-7-16(18)19/h5-8,13-15,17,20H,4,9-12H2,1-3H3. The SMILES string of the molecule is CCNC(CSc1ccccc1Cl)C1CCC(C)C(C)C1. The lowest BCUT2D eigenvalue weighted by Crippen LogP contribution is -2.41. The van der Waals surface area contributed by atoms with Crippen LogP contribution in [0.15, 0.2) is 29.2 Å². The third kappa shape index (κ3) is 4.91. The minimum Gasteiger partial charge on any atom is -0.313 e. The van der Waals surface area contributed by atoms with Crippen LogP contribution in [0.4, 0.5) is 0 Å². The van der Waals surface area contributed by atoms with Crippen LogP contribution in [0.2, 0.25) is 5.02 Å². The van der Waals surface area contributed by atoms with Gasteiger partial charge in [-0.2, -0.15) is 0 Å². The Hall–Kier alpha value is -0.180. The predicted octanol–water partition coefficient (Wildman–Crippen LogP) is 5.48. The van der Waals surface area contributed by atoms with Crippen LogP contribution in [0.3, 0.4) is 0 Å². The number of hydrogen-bond donors (Lipinski definition) is 1. The maximum atomic E-state index is 6.27. The first-order valence-electron chi connectivity index (χ1n) is 8.22. The fraction of sp³-hybridized carbons (Fsp3) is 0.667. The maximum Gasteiger partial charge on any atom is 0.0541 e. The first-order valence-corrected chi connectivity index (χ1v) is 9.58. The minimum absolute atomic E-state index is 0.603. The zero-order valence-corrected chi connectivity index (χ0v) is 15.0. The van der Waals surface area contributed by atoms with Crippen molar-refractivity contribution in [3.63, 3.8) is 0 Å². The Morgan fingerprint density at radius 3 is 2.67 bits per heavy atom. The van der Waals surface area contributed by atoms with Gasteiger partial charge in [-0.1, -0.05) is 50.9 Å². The molecule has 1 saturated carbocycles. The van der Waals surface area contributed by atoms with E-state index < -0.39 is 0 Å². The Kier molecular flexibility index (Phi) is 6.91. The van der Waals surface area contributed by atoms with Gasteiger partial charge in [0.1, 0.15) is 0 Å². The summed E-state index contributed by atoms with van der Waals surface area (Å²) in [6, 6.07) is 8.78. The Labute approximate surface area is 139 Å². The number of hydrogen-bond acceptors (Lipinski definition) is 2. The molecule has 0 saturated heterocycles. The summed E-state index contributed by atoms with van der Waals surface area (Å²) in [6.07, 6.45) is 4.11. The fourth-order valence-corrected chi connectivity index (χ4v) is 4.75. The van der Waals surface area contributed by atoms with Crippen LogP contribution < -0.4 is 5.32 Å². The average Bonchev–Trinajstić information content (AvgIpc) is 2.48. The third-order valence-corrected chi connectivity index (χ3v) is 6.56. The largest absolute Gasteiger partial charge is 0.313 e. The minimum atomic E-state index is 0.603. The van der Waals surface area contributed by atoms with Gasteiger partial charge in [0.25, 0.3) is 0 Å². The maximum absolute atomic E-state index is 6.27. The second-order valence-corrected chi connectivity index (χ2v) is 7.90. The van der Waals surface area contributed by atoms with E-state index in [0.29, 0.717) is 6.04 Å². The van der Waals surface area contributed by atoms with Gasteiger partial charge in [-0.15, -0.1) is 11.8 Å². The van der Waals surface area contributed by atoms with Crippen LogP contribution >= 0.6 is 23.4 Å². The summed E-state index contributed by atoms with van der Waals surface area (Å²) in [6.45, 7) is 8.08. The second-order valence-electron chi connectivity index (χ2n) is 6.43. The highest BCUT2D eigenvalue weighted by Gasteiger charge is 2.29. The highest BCUT2D eigenvalue weighted by atomic mass is 35.5. The van der Waals surface area contributed by atoms with Gasteiger partial charge in [-0.05, 0) is 49.3 Å². The average molecular weight is 326 g/mol. The Morgan fingerprint density at radius 1 is 1.24 bits per heavy atom. The molecule has 1 aromatic rings. The van der Waals surface area contributed by atoms with Crippen LogP contribution in [0.5, 0.6) is 0 Å². The molecule has 0 heterocycles. The monoisotopic (exact) mass is 325 g/mol. The molecule has 2 rings (SSSR count). The van der Waals surface area contributed by atoms with Gasteiger partial charge in [0, 0.05) is 16.7 Å². The topological polar surface area (TPSA) is 12.0 Å². The molecule has 1 aromatic carbocycles. The number of thioether (sulfide) groups is 1. The van der Waals surface area contributed by atoms with Crippen molar-refractivity contribution in [3.05, 3.63) is 29.3 Å². The van der Waals surface area contributed by atoms with E-state index in [0.717, 1.165) is 35.1 Å². The summed E-state index contributed by atoms with van der Waals surface area (Å²) < 4.78 is 0. The normalized spacial score (nSPS) is 27.5. The second kappa shape index (κ2) is 8.45. The van der Waals surface area contributed by atoms with Crippen molar-refractivity contribution >= 4 is 23.4 Å². The molecule has 118 valence electrons. The summed E-state index contributed by atoms with van der Waals surface area (Å²) >= 11 is 8.17. The van der Waals surface area contributed by atoms with E-state index in [4.69, 9.17) is 11.6 Å². The van der Waals surface area contributed by atoms with Crippen molar-refractivity contribution in [2.24, 2.45) is 17.8 Å². The van der Waals surface area contributed by atoms with E-state index in [1.54, 1.807) is 0 Å². The molecule has 1 nitrogen and oxygen atoms in total. The number of halogens is 1. The van der Waals surface area contributed by atoms with Gasteiger partial charge < -0.3 is 5.32 Å². The van der Waals surface area contributed by atoms with E-state index in [1.807, 2.05) is 23.9 Å². The lowest BCUT2D eigenvalue weighted by Gasteiger charge is -2.37. The van der Waals surface area contributed by atoms with Crippen LogP contribution in [0.25, 0.3) is 0 Å². The van der Waals surface area contributed by atoms with Crippen molar-refractivity contribution in [1.82, 2.24) is 5.32 Å². The smallest absolute Gasteiger partial charge is 0.0541 e. The molecule has 21 heavy (non-hydrogen) atoms. The Bertz CT molecular complexity index is 437. The molecule has 4 atom stereocenters. The summed E-state index contributed by atoms with van der Waals surface area (Å²) in [7, 11) is 0. The van der Waals surface area contributed by atoms with Crippen LogP contribution in [-0.4, -0.2) is 18.3 Å². The molecule has 3 heteroatoms. The predicted molar refractivity (Wildman–Crippen MR) is 95.3 cm³/mol. The number of benzene rings is 1. The molecule has 1 fully saturated rings. The van der Waals surface area contributed by atoms with Crippen molar-refractivity contribution in [1.29, 1.82) is 0 Å². The van der Waals surface area contributed by atoms with Crippen molar-refractivity contribution in [2.45, 2.75) is 51.0 Å². The lowest BCUT2D eigenvalue weighted by molar-refractivity contribution is 0.179. The Balaban J connectivity index is 1.94. The van der Waals surface area contributed by atoms with E-state index >= 15 is 0 Å². The third-order valence-electron chi connectivity index (χ3n) is 4.93. The fourth-order valence-electron chi connectivity index (χ4n) is 3.32. The van der Waals surface area contributed by atoms with Gasteiger partial charge in [0.15, 0.2) is 0 Å². The first-order chi connectivity index (χ1) is 10.1. The van der Waals surface area contributed by atoms with Crippen LogP contribution in [-0.2, 0) is 0 Å². The first kappa shape index (κ1) is 17.2. The number of nitrogens with one attached hydrogen (secondary N) is 1. The molecule has 0 spiro atoms. The summed E-state index contributed by atoms with van der Waals surface area (Å²) in [5, 5.41) is 4.59. The van der Waals surface area contributed by atoms with E-state index in [9.17, 15) is 0 Å². The molecule has 1 aliphatic rings. The van der Waals surface area contributed by atoms with Crippen LogP contribution in [0.1, 0.15) is 40.0 Å². The highest BCUT2D eigenvalue weighted by Crippen LogP contribution is 2.37. The molecular weight excluding hydrogens is 298 g/mol. The molecule has 4 unspecified atom stereocenters. The van der Waals surface area contributed by atoms with Crippen molar-refractivity contribution in [2.75, 3.05) is 12.3 Å². The summed E-state index contributed by atoms with van der Waals surface area (Å²) in [5.74, 6) is 3.67. The zero-order chi connectivity index (χ0) is 15.2. The van der Waals surface area contributed by atoms with Crippen molar-refractivity contribution in [3.8, 4) is 0 Å². The van der Waals surface area contributed by atoms with Gasteiger partial charge in [-0.25, -0.2) is 0 Å². The molecular formula is C18H28ClNS. The molecule has 1 aliphatic carbocycles. The zero-order valence-electron chi connectivity index (χ0n) is 13.4. The quantitative estimate of drug-likeness (QED) is 0.695. The van der Waals surface area contributed by atoms with Gasteiger partial charge >= 0.3 is 0 Å². The van der Waals surface area contributed by atoms with Gasteiger partial charge in [0.2, 0.25) is 0 Å². The Morgan fingerprint density at radius 2 is 2.00 bits per heavy atom. The molecule has 0 radical (unpaired) electrons. The van der Waals surface area contributed by atoms with E-state index in [-0.39, 0.29) is 0 Å². The van der Waals surface area contributed by atoms with E-state index in [2.05, 4.69) is 38.2 Å².